The summed E-state index contributed by atoms with van der Waals surface area (Å²) in [5.74, 6) is -1.47. The maximum absolute atomic E-state index is 12.5. The standard InChI is InChI=1S/C26H24F4N8O4S2.C9H9F2NO3.C8H9NO3/c27-23(28)41-17-6-4-15(31-11-17)9-19(39)33-25-37-35-21(43-25)13-2-1-3-14(8-13)22-36-38-26(44-22)34-20(40)10-16-5-7-18(12-32-16)42-24(29)30;1-14-8(13)4-6-2-3-7(5-12-6)15-9(10)11;1-12-8(11)4-6-2-3-7(10)5-9-6/h4-7,11-14,23-24H,1-3,8-10H2,(H,33,37,39)(H,34,38,40);2-3,5,9H,4H2,1H3;2-3,5,10H,4H2,1H3/t13-,14-;;/m0../s1. The molecule has 28 heteroatoms. The van der Waals surface area contributed by atoms with Crippen molar-refractivity contribution in [2.75, 3.05) is 24.9 Å². The summed E-state index contributed by atoms with van der Waals surface area (Å²) in [6.45, 7) is -8.79. The molecule has 7 rings (SSSR count). The Balaban J connectivity index is 0.000000281. The van der Waals surface area contributed by atoms with E-state index < -0.39 is 25.8 Å². The topological polar surface area (TPSA) is 262 Å². The van der Waals surface area contributed by atoms with Crippen LogP contribution >= 0.6 is 22.7 Å². The molecule has 0 aliphatic heterocycles. The minimum absolute atomic E-state index is 0.00542. The van der Waals surface area contributed by atoms with E-state index in [2.05, 4.69) is 74.6 Å². The summed E-state index contributed by atoms with van der Waals surface area (Å²) in [5.41, 5.74) is 1.78. The van der Waals surface area contributed by atoms with E-state index in [1.54, 1.807) is 6.07 Å². The fourth-order valence-electron chi connectivity index (χ4n) is 6.22. The number of alkyl halides is 6. The van der Waals surface area contributed by atoms with Gasteiger partial charge in [0.1, 0.15) is 33.0 Å². The van der Waals surface area contributed by atoms with Gasteiger partial charge in [-0.05, 0) is 67.8 Å². The number of ether oxygens (including phenoxy) is 5. The smallest absolute Gasteiger partial charge is 0.387 e. The first-order chi connectivity index (χ1) is 34.0. The lowest BCUT2D eigenvalue weighted by molar-refractivity contribution is -0.140. The van der Waals surface area contributed by atoms with E-state index in [-0.39, 0.29) is 78.3 Å². The molecule has 0 spiro atoms. The molecule has 1 aliphatic rings. The number of anilines is 2. The van der Waals surface area contributed by atoms with E-state index in [4.69, 9.17) is 5.11 Å². The number of hydrogen-bond acceptors (Lipinski definition) is 20. The maximum atomic E-state index is 12.5. The number of amides is 2. The Bertz CT molecular complexity index is 2510. The largest absolute Gasteiger partial charge is 0.506 e. The van der Waals surface area contributed by atoms with Crippen molar-refractivity contribution >= 4 is 56.7 Å². The van der Waals surface area contributed by atoms with Gasteiger partial charge in [0, 0.05) is 23.2 Å². The summed E-state index contributed by atoms with van der Waals surface area (Å²) in [6, 6.07) is 11.3. The van der Waals surface area contributed by atoms with E-state index >= 15 is 0 Å². The van der Waals surface area contributed by atoms with Gasteiger partial charge in [0.05, 0.1) is 76.1 Å². The Morgan fingerprint density at radius 3 is 1.25 bits per heavy atom. The number of carbonyl (C=O) groups is 4. The second-order valence-electron chi connectivity index (χ2n) is 14.5. The van der Waals surface area contributed by atoms with Crippen LogP contribution in [0.4, 0.5) is 36.6 Å². The summed E-state index contributed by atoms with van der Waals surface area (Å²) in [5, 5.41) is 33.3. The van der Waals surface area contributed by atoms with Crippen LogP contribution < -0.4 is 24.8 Å². The molecular formula is C43H42F6N10O10S2. The number of nitrogens with one attached hydrogen (secondary N) is 2. The second-order valence-corrected chi connectivity index (χ2v) is 16.5. The molecule has 20 nitrogen and oxygen atoms in total. The summed E-state index contributed by atoms with van der Waals surface area (Å²) in [6.07, 6.45) is 8.12. The zero-order chi connectivity index (χ0) is 51.3. The predicted molar refractivity (Wildman–Crippen MR) is 238 cm³/mol. The molecule has 6 heterocycles. The average Bonchev–Trinajstić information content (AvgIpc) is 4.01. The van der Waals surface area contributed by atoms with E-state index in [9.17, 15) is 45.5 Å². The average molecular weight is 1040 g/mol. The number of pyridine rings is 4. The van der Waals surface area contributed by atoms with Crippen LogP contribution in [0.1, 0.15) is 70.3 Å². The van der Waals surface area contributed by atoms with Gasteiger partial charge in [-0.25, -0.2) is 0 Å². The second kappa shape index (κ2) is 27.5. The van der Waals surface area contributed by atoms with Gasteiger partial charge in [0.2, 0.25) is 22.1 Å². The monoisotopic (exact) mass is 1040 g/mol. The molecule has 0 saturated heterocycles. The molecule has 0 aromatic carbocycles. The third-order valence-electron chi connectivity index (χ3n) is 9.41. The highest BCUT2D eigenvalue weighted by Gasteiger charge is 2.30. The lowest BCUT2D eigenvalue weighted by atomic mass is 9.82. The molecule has 2 atom stereocenters. The Morgan fingerprint density at radius 1 is 0.563 bits per heavy atom. The number of aromatic nitrogens is 8. The van der Waals surface area contributed by atoms with Crippen molar-refractivity contribution in [3.8, 4) is 23.0 Å². The van der Waals surface area contributed by atoms with Crippen molar-refractivity contribution in [1.29, 1.82) is 0 Å². The first-order valence-electron chi connectivity index (χ1n) is 20.8. The Morgan fingerprint density at radius 2 is 0.930 bits per heavy atom. The molecule has 6 aromatic rings. The van der Waals surface area contributed by atoms with E-state index in [1.807, 2.05) is 0 Å². The van der Waals surface area contributed by atoms with Crippen LogP contribution in [0.3, 0.4) is 0 Å². The van der Waals surface area contributed by atoms with Gasteiger partial charge in [-0.2, -0.15) is 26.3 Å². The van der Waals surface area contributed by atoms with Crippen LogP contribution in [0.25, 0.3) is 0 Å². The van der Waals surface area contributed by atoms with E-state index in [0.717, 1.165) is 54.3 Å². The van der Waals surface area contributed by atoms with Gasteiger partial charge in [-0.3, -0.25) is 39.1 Å². The zero-order valence-electron chi connectivity index (χ0n) is 37.3. The third kappa shape index (κ3) is 19.4. The molecule has 1 aliphatic carbocycles. The van der Waals surface area contributed by atoms with Crippen molar-refractivity contribution < 1.29 is 74.3 Å². The molecular weight excluding hydrogens is 995 g/mol. The van der Waals surface area contributed by atoms with E-state index in [0.29, 0.717) is 33.0 Å². The third-order valence-corrected chi connectivity index (χ3v) is 11.4. The highest BCUT2D eigenvalue weighted by atomic mass is 32.1. The van der Waals surface area contributed by atoms with Crippen molar-refractivity contribution in [2.45, 2.75) is 83.0 Å². The minimum Gasteiger partial charge on any atom is -0.506 e. The van der Waals surface area contributed by atoms with Crippen LogP contribution in [0, 0.1) is 0 Å². The van der Waals surface area contributed by atoms with Gasteiger partial charge in [-0.15, -0.1) is 20.4 Å². The number of halogens is 6. The number of rotatable bonds is 18. The highest BCUT2D eigenvalue weighted by Crippen LogP contribution is 2.43. The molecule has 378 valence electrons. The predicted octanol–water partition coefficient (Wildman–Crippen LogP) is 7.09. The molecule has 0 bridgehead atoms. The Labute approximate surface area is 407 Å². The lowest BCUT2D eigenvalue weighted by Gasteiger charge is -2.25. The van der Waals surface area contributed by atoms with Gasteiger partial charge >= 0.3 is 31.8 Å². The summed E-state index contributed by atoms with van der Waals surface area (Å²) >= 11 is 2.57. The molecule has 71 heavy (non-hydrogen) atoms. The summed E-state index contributed by atoms with van der Waals surface area (Å²) < 4.78 is 94.1. The number of carbonyl (C=O) groups excluding carboxylic acids is 4. The van der Waals surface area contributed by atoms with Gasteiger partial charge in [0.15, 0.2) is 0 Å². The number of nitrogens with zero attached hydrogens (tertiary/aromatic N) is 8. The summed E-state index contributed by atoms with van der Waals surface area (Å²) in [7, 11) is 2.58. The highest BCUT2D eigenvalue weighted by molar-refractivity contribution is 7.15. The number of esters is 2. The van der Waals surface area contributed by atoms with Gasteiger partial charge < -0.3 is 39.4 Å². The molecule has 0 radical (unpaired) electrons. The quantitative estimate of drug-likeness (QED) is 0.0573. The number of hydrogen-bond donors (Lipinski definition) is 3. The number of aromatic hydroxyl groups is 1. The van der Waals surface area contributed by atoms with Crippen LogP contribution in [-0.2, 0) is 54.3 Å². The van der Waals surface area contributed by atoms with Gasteiger partial charge in [-0.1, -0.05) is 29.1 Å². The first kappa shape index (κ1) is 54.3. The fraction of sp³-hybridized carbons (Fsp3) is 0.349. The SMILES string of the molecule is COC(=O)Cc1ccc(O)cn1.COC(=O)Cc1ccc(OC(F)F)cn1.O=C(Cc1ccc(OC(F)F)cn1)Nc1nnc([C@H]2CCC[C@H](c3nnc(NC(=O)Cc4ccc(OC(F)F)cn4)s3)C2)s1. The number of methoxy groups -OCH3 is 2. The van der Waals surface area contributed by atoms with E-state index in [1.165, 1.54) is 85.6 Å². The molecule has 2 amide bonds. The normalized spacial score (nSPS) is 14.0. The zero-order valence-corrected chi connectivity index (χ0v) is 38.9. The molecule has 1 saturated carbocycles. The van der Waals surface area contributed by atoms with Crippen molar-refractivity contribution in [1.82, 2.24) is 40.3 Å². The molecule has 3 N–H and O–H groups in total. The summed E-state index contributed by atoms with van der Waals surface area (Å²) in [4.78, 5) is 62.0. The maximum Gasteiger partial charge on any atom is 0.387 e. The fourth-order valence-corrected chi connectivity index (χ4v) is 8.03. The van der Waals surface area contributed by atoms with Crippen molar-refractivity contribution in [3.05, 3.63) is 106 Å². The van der Waals surface area contributed by atoms with Crippen LogP contribution in [0.5, 0.6) is 23.0 Å². The molecule has 6 aromatic heterocycles. The Kier molecular flexibility index (Phi) is 21.1. The van der Waals surface area contributed by atoms with Crippen LogP contribution in [-0.4, -0.2) is 103 Å². The first-order valence-corrected chi connectivity index (χ1v) is 22.4. The molecule has 1 fully saturated rings. The lowest BCUT2D eigenvalue weighted by Crippen LogP contribution is -2.15. The molecule has 0 unspecified atom stereocenters. The van der Waals surface area contributed by atoms with Gasteiger partial charge in [0.25, 0.3) is 0 Å². The Hall–Kier alpha value is -7.62. The van der Waals surface area contributed by atoms with Crippen LogP contribution in [0.2, 0.25) is 0 Å². The van der Waals surface area contributed by atoms with Crippen molar-refractivity contribution in [3.63, 3.8) is 0 Å². The van der Waals surface area contributed by atoms with Crippen LogP contribution in [0.15, 0.2) is 73.3 Å². The van der Waals surface area contributed by atoms with Crippen molar-refractivity contribution in [2.24, 2.45) is 0 Å². The minimum atomic E-state index is -2.96.